The summed E-state index contributed by atoms with van der Waals surface area (Å²) < 4.78 is 64.7. The molecule has 0 spiro atoms. The molecule has 3 heterocycles. The van der Waals surface area contributed by atoms with Gasteiger partial charge in [0.05, 0.1) is 12.1 Å². The number of fused-ring (bicyclic) bond motifs is 1. The summed E-state index contributed by atoms with van der Waals surface area (Å²) in [6, 6.07) is 1.76. The molecule has 0 aliphatic carbocycles. The van der Waals surface area contributed by atoms with Crippen LogP contribution in [0.2, 0.25) is 0 Å². The van der Waals surface area contributed by atoms with E-state index in [2.05, 4.69) is 15.0 Å². The van der Waals surface area contributed by atoms with Crippen molar-refractivity contribution in [3.8, 4) is 17.0 Å². The Morgan fingerprint density at radius 1 is 1.23 bits per heavy atom. The fraction of sp³-hybridized carbons (Fsp3) is 0.238. The largest absolute Gasteiger partial charge is 0.444 e. The Balaban J connectivity index is 1.60. The minimum Gasteiger partial charge on any atom is -0.444 e. The molecular weight excluding hydrogens is 496 g/mol. The van der Waals surface area contributed by atoms with Crippen LogP contribution in [0, 0.1) is 18.6 Å². The molecule has 0 saturated carbocycles. The summed E-state index contributed by atoms with van der Waals surface area (Å²) in [6.07, 6.45) is -0.293. The quantitative estimate of drug-likeness (QED) is 0.397. The lowest BCUT2D eigenvalue weighted by Gasteiger charge is -2.09. The Morgan fingerprint density at radius 3 is 2.63 bits per heavy atom. The number of hydrogen-bond acceptors (Lipinski definition) is 7. The molecule has 0 atom stereocenters. The number of halogens is 4. The van der Waals surface area contributed by atoms with Crippen molar-refractivity contribution in [3.63, 3.8) is 0 Å². The van der Waals surface area contributed by atoms with E-state index in [1.165, 1.54) is 19.5 Å². The number of benzene rings is 1. The summed E-state index contributed by atoms with van der Waals surface area (Å²) in [6.45, 7) is -1.88. The average molecular weight is 512 g/mol. The molecule has 0 saturated heterocycles. The Morgan fingerprint density at radius 2 is 1.94 bits per heavy atom. The topological polar surface area (TPSA) is 108 Å². The van der Waals surface area contributed by atoms with Gasteiger partial charge in [0.1, 0.15) is 11.1 Å². The molecule has 0 radical (unpaired) electrons. The number of ether oxygens (including phenoxy) is 1. The van der Waals surface area contributed by atoms with Crippen molar-refractivity contribution in [1.29, 1.82) is 0 Å². The van der Waals surface area contributed by atoms with E-state index >= 15 is 0 Å². The van der Waals surface area contributed by atoms with Gasteiger partial charge in [0.25, 0.3) is 5.56 Å². The molecule has 1 N–H and O–H groups in total. The molecular formula is C21H16F4N4O5S. The molecule has 9 nitrogen and oxygen atoms in total. The van der Waals surface area contributed by atoms with Crippen molar-refractivity contribution in [1.82, 2.24) is 14.1 Å². The van der Waals surface area contributed by atoms with Crippen LogP contribution in [0.5, 0.6) is 5.75 Å². The molecule has 4 rings (SSSR count). The first-order valence-electron chi connectivity index (χ1n) is 9.86. The van der Waals surface area contributed by atoms with Crippen LogP contribution in [0.25, 0.3) is 22.4 Å². The number of alkyl halides is 2. The minimum absolute atomic E-state index is 0.0311. The predicted octanol–water partition coefficient (Wildman–Crippen LogP) is 3.32. The lowest BCUT2D eigenvalue weighted by molar-refractivity contribution is -0.115. The molecule has 1 amide bonds. The SMILES string of the molecule is Cc1oc2c(c1CC(=O)Nc1nc(-c3ccc(F)c(OC(F)F)c3F)cs1)c(=O)n(C)c(=O)n2C. The number of rotatable bonds is 6. The zero-order chi connectivity index (χ0) is 25.6. The highest BCUT2D eigenvalue weighted by Crippen LogP contribution is 2.34. The van der Waals surface area contributed by atoms with Gasteiger partial charge in [-0.3, -0.25) is 18.7 Å². The maximum absolute atomic E-state index is 14.5. The number of nitrogens with zero attached hydrogens (tertiary/aromatic N) is 3. The number of thiazole rings is 1. The second kappa shape index (κ2) is 9.02. The molecule has 0 aliphatic heterocycles. The van der Waals surface area contributed by atoms with E-state index in [0.717, 1.165) is 32.6 Å². The predicted molar refractivity (Wildman–Crippen MR) is 118 cm³/mol. The summed E-state index contributed by atoms with van der Waals surface area (Å²) in [5.74, 6) is -4.23. The number of carbonyl (C=O) groups excluding carboxylic acids is 1. The Bertz CT molecular complexity index is 1590. The van der Waals surface area contributed by atoms with Crippen molar-refractivity contribution >= 4 is 33.5 Å². The van der Waals surface area contributed by atoms with Gasteiger partial charge in [0.2, 0.25) is 11.6 Å². The Labute approximate surface area is 197 Å². The highest BCUT2D eigenvalue weighted by Gasteiger charge is 2.23. The zero-order valence-electron chi connectivity index (χ0n) is 18.3. The van der Waals surface area contributed by atoms with Gasteiger partial charge in [-0.2, -0.15) is 8.78 Å². The van der Waals surface area contributed by atoms with E-state index in [4.69, 9.17) is 4.42 Å². The molecule has 35 heavy (non-hydrogen) atoms. The fourth-order valence-corrected chi connectivity index (χ4v) is 4.23. The van der Waals surface area contributed by atoms with Gasteiger partial charge < -0.3 is 14.5 Å². The van der Waals surface area contributed by atoms with E-state index in [9.17, 15) is 31.9 Å². The van der Waals surface area contributed by atoms with Crippen molar-refractivity contribution in [2.75, 3.05) is 5.32 Å². The summed E-state index contributed by atoms with van der Waals surface area (Å²) in [5.41, 5.74) is -1.24. The highest BCUT2D eigenvalue weighted by molar-refractivity contribution is 7.14. The highest BCUT2D eigenvalue weighted by atomic mass is 32.1. The van der Waals surface area contributed by atoms with Crippen LogP contribution in [0.3, 0.4) is 0 Å². The van der Waals surface area contributed by atoms with Crippen LogP contribution in [0.1, 0.15) is 11.3 Å². The van der Waals surface area contributed by atoms with Gasteiger partial charge in [0, 0.05) is 30.6 Å². The van der Waals surface area contributed by atoms with E-state index in [-0.39, 0.29) is 45.2 Å². The molecule has 0 bridgehead atoms. The number of aryl methyl sites for hydroxylation is 2. The summed E-state index contributed by atoms with van der Waals surface area (Å²) in [7, 11) is 2.74. The van der Waals surface area contributed by atoms with Crippen molar-refractivity contribution < 1.29 is 31.5 Å². The van der Waals surface area contributed by atoms with E-state index in [1.54, 1.807) is 6.92 Å². The van der Waals surface area contributed by atoms with Gasteiger partial charge in [-0.05, 0) is 19.1 Å². The maximum Gasteiger partial charge on any atom is 0.387 e. The minimum atomic E-state index is -3.43. The molecule has 14 heteroatoms. The Hall–Kier alpha value is -3.94. The van der Waals surface area contributed by atoms with Crippen molar-refractivity contribution in [3.05, 3.63) is 61.3 Å². The van der Waals surface area contributed by atoms with Crippen LogP contribution in [-0.4, -0.2) is 26.6 Å². The third-order valence-electron chi connectivity index (χ3n) is 5.21. The summed E-state index contributed by atoms with van der Waals surface area (Å²) in [5, 5.41) is 3.96. The van der Waals surface area contributed by atoms with E-state index < -0.39 is 41.2 Å². The second-order valence-electron chi connectivity index (χ2n) is 7.40. The van der Waals surface area contributed by atoms with Crippen LogP contribution >= 0.6 is 11.3 Å². The van der Waals surface area contributed by atoms with Crippen LogP contribution in [0.4, 0.5) is 22.7 Å². The maximum atomic E-state index is 14.5. The van der Waals surface area contributed by atoms with E-state index in [0.29, 0.717) is 0 Å². The number of nitrogens with one attached hydrogen (secondary N) is 1. The summed E-state index contributed by atoms with van der Waals surface area (Å²) in [4.78, 5) is 41.4. The third kappa shape index (κ3) is 4.32. The van der Waals surface area contributed by atoms with Crippen LogP contribution in [0.15, 0.2) is 31.5 Å². The first-order chi connectivity index (χ1) is 16.5. The smallest absolute Gasteiger partial charge is 0.387 e. The fourth-order valence-electron chi connectivity index (χ4n) is 3.51. The molecule has 0 unspecified atom stereocenters. The lowest BCUT2D eigenvalue weighted by Crippen LogP contribution is -2.36. The van der Waals surface area contributed by atoms with E-state index in [1.807, 2.05) is 0 Å². The van der Waals surface area contributed by atoms with Crippen molar-refractivity contribution in [2.45, 2.75) is 20.0 Å². The van der Waals surface area contributed by atoms with Crippen LogP contribution in [-0.2, 0) is 25.3 Å². The number of amides is 1. The second-order valence-corrected chi connectivity index (χ2v) is 8.26. The number of aromatic nitrogens is 3. The Kier molecular flexibility index (Phi) is 6.23. The third-order valence-corrected chi connectivity index (χ3v) is 5.96. The van der Waals surface area contributed by atoms with Gasteiger partial charge >= 0.3 is 12.3 Å². The molecule has 4 aromatic rings. The molecule has 0 aliphatic rings. The number of hydrogen-bond donors (Lipinski definition) is 1. The molecule has 0 fully saturated rings. The van der Waals surface area contributed by atoms with Crippen molar-refractivity contribution in [2.24, 2.45) is 14.1 Å². The average Bonchev–Trinajstić information content (AvgIpc) is 3.38. The lowest BCUT2D eigenvalue weighted by atomic mass is 10.1. The van der Waals surface area contributed by atoms with Gasteiger partial charge in [0.15, 0.2) is 22.5 Å². The standard InChI is InChI=1S/C21H16F4N4O5S/c1-8-10(14-17(31)28(2)21(32)29(3)18(14)33-8)6-13(30)27-20-26-12(7-35-20)9-4-5-11(22)16(15(9)23)34-19(24)25/h4-5,7,19H,6H2,1-3H3,(H,26,27,30). The monoisotopic (exact) mass is 512 g/mol. The summed E-state index contributed by atoms with van der Waals surface area (Å²) >= 11 is 0.909. The van der Waals surface area contributed by atoms with Crippen LogP contribution < -0.4 is 21.3 Å². The molecule has 184 valence electrons. The number of carbonyl (C=O) groups is 1. The first kappa shape index (κ1) is 24.2. The zero-order valence-corrected chi connectivity index (χ0v) is 19.1. The normalized spacial score (nSPS) is 11.4. The molecule has 1 aromatic carbocycles. The van der Waals surface area contributed by atoms with Gasteiger partial charge in [-0.25, -0.2) is 18.6 Å². The first-order valence-corrected chi connectivity index (χ1v) is 10.7. The van der Waals surface area contributed by atoms with Gasteiger partial charge in [-0.15, -0.1) is 11.3 Å². The van der Waals surface area contributed by atoms with Gasteiger partial charge in [-0.1, -0.05) is 0 Å². The molecule has 3 aromatic heterocycles. The number of anilines is 1. The number of furan rings is 1.